The molecule has 60 valence electrons. The largest absolute Gasteiger partial charge is 0.365 e. The summed E-state index contributed by atoms with van der Waals surface area (Å²) in [6.45, 7) is 3.58. The molecule has 1 amide bonds. The molecular formula is C7H10N2O2. The highest BCUT2D eigenvalue weighted by atomic mass is 16.5. The molecular weight excluding hydrogens is 144 g/mol. The van der Waals surface area contributed by atoms with Crippen LogP contribution in [-0.2, 0) is 6.42 Å². The highest BCUT2D eigenvalue weighted by molar-refractivity contribution is 5.94. The summed E-state index contributed by atoms with van der Waals surface area (Å²) in [6.07, 6.45) is 0.638. The Balaban J connectivity index is 3.17. The van der Waals surface area contributed by atoms with Gasteiger partial charge in [-0.05, 0) is 6.92 Å². The fourth-order valence-corrected chi connectivity index (χ4v) is 0.974. The first kappa shape index (κ1) is 7.78. The number of rotatable bonds is 2. The van der Waals surface area contributed by atoms with E-state index in [1.54, 1.807) is 6.92 Å². The molecule has 2 N–H and O–H groups in total. The van der Waals surface area contributed by atoms with Crippen LogP contribution < -0.4 is 5.73 Å². The minimum Gasteiger partial charge on any atom is -0.365 e. The van der Waals surface area contributed by atoms with Gasteiger partial charge in [0.05, 0.1) is 5.69 Å². The maximum atomic E-state index is 10.8. The molecule has 0 fully saturated rings. The number of carbonyl (C=O) groups excluding carboxylic acids is 1. The Bertz CT molecular complexity index is 278. The van der Waals surface area contributed by atoms with Gasteiger partial charge in [-0.1, -0.05) is 12.1 Å². The van der Waals surface area contributed by atoms with Gasteiger partial charge in [0.15, 0.2) is 0 Å². The quantitative estimate of drug-likeness (QED) is 0.679. The van der Waals surface area contributed by atoms with E-state index in [1.807, 2.05) is 6.92 Å². The van der Waals surface area contributed by atoms with Crippen molar-refractivity contribution >= 4 is 5.91 Å². The lowest BCUT2D eigenvalue weighted by Gasteiger charge is -1.91. The first-order valence-corrected chi connectivity index (χ1v) is 3.41. The van der Waals surface area contributed by atoms with E-state index in [9.17, 15) is 4.79 Å². The number of nitrogens with two attached hydrogens (primary N) is 1. The molecule has 0 atom stereocenters. The molecule has 1 aromatic heterocycles. The van der Waals surface area contributed by atoms with Gasteiger partial charge in [-0.2, -0.15) is 0 Å². The van der Waals surface area contributed by atoms with E-state index in [1.165, 1.54) is 0 Å². The van der Waals surface area contributed by atoms with Crippen LogP contribution in [0.1, 0.15) is 28.7 Å². The molecule has 1 rings (SSSR count). The zero-order chi connectivity index (χ0) is 8.43. The average molecular weight is 154 g/mol. The number of hydrogen-bond acceptors (Lipinski definition) is 3. The van der Waals surface area contributed by atoms with E-state index in [0.717, 1.165) is 0 Å². The van der Waals surface area contributed by atoms with E-state index in [-0.39, 0.29) is 0 Å². The second-order valence-electron chi connectivity index (χ2n) is 2.28. The predicted molar refractivity (Wildman–Crippen MR) is 39.1 cm³/mol. The zero-order valence-corrected chi connectivity index (χ0v) is 6.55. The van der Waals surface area contributed by atoms with Crippen molar-refractivity contribution < 1.29 is 9.32 Å². The van der Waals surface area contributed by atoms with Crippen LogP contribution in [0.3, 0.4) is 0 Å². The summed E-state index contributed by atoms with van der Waals surface area (Å²) in [5.41, 5.74) is 6.08. The molecule has 1 aromatic rings. The number of aryl methyl sites for hydroxylation is 2. The molecule has 11 heavy (non-hydrogen) atoms. The van der Waals surface area contributed by atoms with Crippen molar-refractivity contribution in [2.75, 3.05) is 0 Å². The molecule has 1 heterocycles. The summed E-state index contributed by atoms with van der Waals surface area (Å²) in [7, 11) is 0. The van der Waals surface area contributed by atoms with Gasteiger partial charge in [0, 0.05) is 6.42 Å². The molecule has 0 aliphatic heterocycles. The van der Waals surface area contributed by atoms with Crippen molar-refractivity contribution in [2.24, 2.45) is 5.73 Å². The Labute approximate surface area is 64.4 Å². The van der Waals surface area contributed by atoms with Crippen LogP contribution in [0.5, 0.6) is 0 Å². The van der Waals surface area contributed by atoms with Crippen LogP contribution in [0.4, 0.5) is 0 Å². The Morgan fingerprint density at radius 1 is 1.73 bits per heavy atom. The summed E-state index contributed by atoms with van der Waals surface area (Å²) >= 11 is 0. The Hall–Kier alpha value is -1.32. The van der Waals surface area contributed by atoms with Gasteiger partial charge in [-0.15, -0.1) is 0 Å². The first-order chi connectivity index (χ1) is 5.16. The first-order valence-electron chi connectivity index (χ1n) is 3.41. The van der Waals surface area contributed by atoms with Gasteiger partial charge < -0.3 is 10.3 Å². The normalized spacial score (nSPS) is 10.0. The topological polar surface area (TPSA) is 69.1 Å². The van der Waals surface area contributed by atoms with Crippen molar-refractivity contribution in [2.45, 2.75) is 20.3 Å². The van der Waals surface area contributed by atoms with E-state index in [2.05, 4.69) is 5.16 Å². The highest BCUT2D eigenvalue weighted by Gasteiger charge is 2.15. The van der Waals surface area contributed by atoms with Gasteiger partial charge >= 0.3 is 0 Å². The van der Waals surface area contributed by atoms with Crippen molar-refractivity contribution in [3.63, 3.8) is 0 Å². The zero-order valence-electron chi connectivity index (χ0n) is 6.55. The van der Waals surface area contributed by atoms with Crippen LogP contribution >= 0.6 is 0 Å². The van der Waals surface area contributed by atoms with E-state index >= 15 is 0 Å². The summed E-state index contributed by atoms with van der Waals surface area (Å²) in [4.78, 5) is 10.8. The fraction of sp³-hybridized carbons (Fsp3) is 0.429. The van der Waals surface area contributed by atoms with Gasteiger partial charge in [0.1, 0.15) is 11.3 Å². The van der Waals surface area contributed by atoms with Crippen molar-refractivity contribution in [3.8, 4) is 0 Å². The van der Waals surface area contributed by atoms with Crippen LogP contribution in [0.15, 0.2) is 4.52 Å². The van der Waals surface area contributed by atoms with E-state index in [4.69, 9.17) is 10.3 Å². The molecule has 0 saturated carbocycles. The predicted octanol–water partition coefficient (Wildman–Crippen LogP) is 0.644. The fourth-order valence-electron chi connectivity index (χ4n) is 0.974. The van der Waals surface area contributed by atoms with E-state index < -0.39 is 5.91 Å². The second-order valence-corrected chi connectivity index (χ2v) is 2.28. The number of amides is 1. The Morgan fingerprint density at radius 3 is 2.73 bits per heavy atom. The van der Waals surface area contributed by atoms with Gasteiger partial charge in [0.2, 0.25) is 0 Å². The van der Waals surface area contributed by atoms with Gasteiger partial charge in [-0.3, -0.25) is 4.79 Å². The average Bonchev–Trinajstić information content (AvgIpc) is 2.30. The second kappa shape index (κ2) is 2.74. The minimum atomic E-state index is -0.472. The van der Waals surface area contributed by atoms with Crippen LogP contribution in [0, 0.1) is 6.92 Å². The number of hydrogen-bond donors (Lipinski definition) is 1. The molecule has 4 heteroatoms. The van der Waals surface area contributed by atoms with Gasteiger partial charge in [0.25, 0.3) is 5.91 Å². The van der Waals surface area contributed by atoms with Crippen LogP contribution in [-0.4, -0.2) is 11.1 Å². The van der Waals surface area contributed by atoms with Crippen molar-refractivity contribution in [1.82, 2.24) is 5.16 Å². The van der Waals surface area contributed by atoms with Crippen LogP contribution in [0.2, 0.25) is 0 Å². The van der Waals surface area contributed by atoms with Crippen molar-refractivity contribution in [1.29, 1.82) is 0 Å². The Kier molecular flexibility index (Phi) is 1.94. The maximum Gasteiger partial charge on any atom is 0.254 e. The maximum absolute atomic E-state index is 10.8. The van der Waals surface area contributed by atoms with Gasteiger partial charge in [-0.25, -0.2) is 0 Å². The third kappa shape index (κ3) is 1.24. The summed E-state index contributed by atoms with van der Waals surface area (Å²) in [6, 6.07) is 0. The minimum absolute atomic E-state index is 0.424. The molecule has 0 spiro atoms. The molecule has 0 aliphatic rings. The summed E-state index contributed by atoms with van der Waals surface area (Å²) in [5.74, 6) is 0.0931. The molecule has 0 aliphatic carbocycles. The third-order valence-electron chi connectivity index (χ3n) is 1.50. The SMILES string of the molecule is CCc1onc(C)c1C(N)=O. The lowest BCUT2D eigenvalue weighted by atomic mass is 10.1. The molecule has 4 nitrogen and oxygen atoms in total. The Morgan fingerprint density at radius 2 is 2.36 bits per heavy atom. The molecule has 0 bridgehead atoms. The number of primary amides is 1. The standard InChI is InChI=1S/C7H10N2O2/c1-3-5-6(7(8)10)4(2)9-11-5/h3H2,1-2H3,(H2,8,10). The van der Waals surface area contributed by atoms with E-state index in [0.29, 0.717) is 23.4 Å². The third-order valence-corrected chi connectivity index (χ3v) is 1.50. The number of nitrogens with zero attached hydrogens (tertiary/aromatic N) is 1. The van der Waals surface area contributed by atoms with Crippen molar-refractivity contribution in [3.05, 3.63) is 17.0 Å². The summed E-state index contributed by atoms with van der Waals surface area (Å²) < 4.78 is 4.86. The lowest BCUT2D eigenvalue weighted by Crippen LogP contribution is -2.13. The lowest BCUT2D eigenvalue weighted by molar-refractivity contribution is 0.0998. The molecule has 0 saturated heterocycles. The monoisotopic (exact) mass is 154 g/mol. The summed E-state index contributed by atoms with van der Waals surface area (Å²) in [5, 5.41) is 3.63. The molecule has 0 aromatic carbocycles. The highest BCUT2D eigenvalue weighted by Crippen LogP contribution is 2.12. The number of carbonyl (C=O) groups is 1. The van der Waals surface area contributed by atoms with Crippen LogP contribution in [0.25, 0.3) is 0 Å². The molecule has 0 unspecified atom stereocenters. The number of aromatic nitrogens is 1. The molecule has 0 radical (unpaired) electrons. The smallest absolute Gasteiger partial charge is 0.254 e.